The number of halogens is 3. The van der Waals surface area contributed by atoms with E-state index < -0.39 is 42.1 Å². The van der Waals surface area contributed by atoms with Crippen molar-refractivity contribution in [2.24, 2.45) is 28.3 Å². The Hall–Kier alpha value is -3.39. The molecule has 214 valence electrons. The van der Waals surface area contributed by atoms with Gasteiger partial charge in [0.2, 0.25) is 17.7 Å². The first-order valence-electron chi connectivity index (χ1n) is 11.6. The van der Waals surface area contributed by atoms with Crippen LogP contribution in [0.15, 0.2) is 4.99 Å². The van der Waals surface area contributed by atoms with Gasteiger partial charge < -0.3 is 37.3 Å². The van der Waals surface area contributed by atoms with Gasteiger partial charge in [-0.1, -0.05) is 27.7 Å². The first-order valence-corrected chi connectivity index (χ1v) is 11.6. The molecule has 0 aliphatic carbocycles. The van der Waals surface area contributed by atoms with Crippen LogP contribution in [0, 0.1) is 11.8 Å². The van der Waals surface area contributed by atoms with Crippen molar-refractivity contribution in [2.75, 3.05) is 6.54 Å². The van der Waals surface area contributed by atoms with Gasteiger partial charge >= 0.3 is 12.1 Å². The van der Waals surface area contributed by atoms with Crippen molar-refractivity contribution in [2.45, 2.75) is 84.6 Å². The number of guanidine groups is 1. The van der Waals surface area contributed by atoms with Crippen molar-refractivity contribution in [3.8, 4) is 0 Å². The number of nitrogens with two attached hydrogens (primary N) is 2. The average molecular weight is 541 g/mol. The molecule has 0 heterocycles. The molecule has 3 atom stereocenters. The van der Waals surface area contributed by atoms with E-state index in [1.165, 1.54) is 6.92 Å². The summed E-state index contributed by atoms with van der Waals surface area (Å²) in [6.07, 6.45) is -2.70. The van der Waals surface area contributed by atoms with Crippen LogP contribution in [0.1, 0.15) is 60.3 Å². The van der Waals surface area contributed by atoms with Crippen molar-refractivity contribution < 1.29 is 42.3 Å². The monoisotopic (exact) mass is 540 g/mol. The standard InChI is InChI=1S/C20H38N6O4.C2HF3O2/c1-12(2)9-16(24-14(5)28)19(30)26-17(10-13(3)4)18(29)25-15(11-27)7-6-8-23-20(21)22;3-2(4,5)1(6)7/h11-13,15-17H,6-10H2,1-5H3,(H,24,28)(H,25,29)(H,26,30)(H4,21,22,23);(H,6,7). The Bertz CT molecular complexity index is 785. The minimum atomic E-state index is -5.08. The van der Waals surface area contributed by atoms with E-state index in [2.05, 4.69) is 20.9 Å². The number of rotatable bonds is 14. The summed E-state index contributed by atoms with van der Waals surface area (Å²) in [4.78, 5) is 61.0. The van der Waals surface area contributed by atoms with Crippen LogP contribution in [-0.4, -0.2) is 71.9 Å². The first kappa shape index (κ1) is 35.8. The van der Waals surface area contributed by atoms with Crippen LogP contribution in [-0.2, 0) is 24.0 Å². The predicted octanol–water partition coefficient (Wildman–Crippen LogP) is 0.439. The first-order chi connectivity index (χ1) is 16.9. The fourth-order valence-electron chi connectivity index (χ4n) is 2.90. The van der Waals surface area contributed by atoms with Gasteiger partial charge in [-0.15, -0.1) is 0 Å². The second-order valence-electron chi connectivity index (χ2n) is 9.08. The van der Waals surface area contributed by atoms with Crippen LogP contribution < -0.4 is 27.4 Å². The summed E-state index contributed by atoms with van der Waals surface area (Å²) < 4.78 is 31.7. The molecule has 0 aliphatic rings. The van der Waals surface area contributed by atoms with Gasteiger partial charge in [0, 0.05) is 13.5 Å². The summed E-state index contributed by atoms with van der Waals surface area (Å²) in [7, 11) is 0. The van der Waals surface area contributed by atoms with Gasteiger partial charge in [0.1, 0.15) is 18.4 Å². The van der Waals surface area contributed by atoms with E-state index in [9.17, 15) is 32.3 Å². The molecule has 0 bridgehead atoms. The SMILES string of the molecule is CC(=O)NC(CC(C)C)C(=O)NC(CC(C)C)C(=O)NC(C=O)CCCN=C(N)N.O=C(O)C(F)(F)F. The van der Waals surface area contributed by atoms with E-state index >= 15 is 0 Å². The lowest BCUT2D eigenvalue weighted by molar-refractivity contribution is -0.192. The van der Waals surface area contributed by atoms with Crippen molar-refractivity contribution in [1.82, 2.24) is 16.0 Å². The zero-order chi connectivity index (χ0) is 29.3. The highest BCUT2D eigenvalue weighted by Gasteiger charge is 2.38. The van der Waals surface area contributed by atoms with Gasteiger partial charge in [-0.3, -0.25) is 19.4 Å². The highest BCUT2D eigenvalue weighted by Crippen LogP contribution is 2.13. The fourth-order valence-corrected chi connectivity index (χ4v) is 2.90. The molecule has 3 unspecified atom stereocenters. The highest BCUT2D eigenvalue weighted by molar-refractivity contribution is 5.92. The number of aliphatic carboxylic acids is 1. The maximum Gasteiger partial charge on any atom is 0.490 e. The van der Waals surface area contributed by atoms with Crippen LogP contribution in [0.2, 0.25) is 0 Å². The van der Waals surface area contributed by atoms with E-state index in [0.29, 0.717) is 38.5 Å². The van der Waals surface area contributed by atoms with E-state index in [1.54, 1.807) is 0 Å². The fraction of sp³-hybridized carbons (Fsp3) is 0.727. The van der Waals surface area contributed by atoms with E-state index in [1.807, 2.05) is 27.7 Å². The molecule has 0 aromatic carbocycles. The Morgan fingerprint density at radius 2 is 1.35 bits per heavy atom. The molecule has 15 heteroatoms. The Morgan fingerprint density at radius 3 is 1.70 bits per heavy atom. The highest BCUT2D eigenvalue weighted by atomic mass is 19.4. The van der Waals surface area contributed by atoms with E-state index in [0.717, 1.165) is 0 Å². The summed E-state index contributed by atoms with van der Waals surface area (Å²) in [5, 5.41) is 15.2. The van der Waals surface area contributed by atoms with Crippen LogP contribution in [0.25, 0.3) is 0 Å². The van der Waals surface area contributed by atoms with Crippen molar-refractivity contribution in [1.29, 1.82) is 0 Å². The molecular weight excluding hydrogens is 501 g/mol. The number of carbonyl (C=O) groups excluding carboxylic acids is 4. The lowest BCUT2D eigenvalue weighted by atomic mass is 9.99. The summed E-state index contributed by atoms with van der Waals surface area (Å²) in [5.74, 6) is -3.67. The van der Waals surface area contributed by atoms with Crippen molar-refractivity contribution in [3.05, 3.63) is 0 Å². The summed E-state index contributed by atoms with van der Waals surface area (Å²) in [6.45, 7) is 9.43. The molecule has 0 saturated carbocycles. The zero-order valence-corrected chi connectivity index (χ0v) is 21.7. The second kappa shape index (κ2) is 17.9. The topological polar surface area (TPSA) is 206 Å². The molecule has 12 nitrogen and oxygen atoms in total. The van der Waals surface area contributed by atoms with Gasteiger partial charge in [-0.2, -0.15) is 13.2 Å². The van der Waals surface area contributed by atoms with Gasteiger partial charge in [0.25, 0.3) is 0 Å². The van der Waals surface area contributed by atoms with Crippen LogP contribution in [0.5, 0.6) is 0 Å². The minimum absolute atomic E-state index is 0.0310. The zero-order valence-electron chi connectivity index (χ0n) is 21.7. The maximum absolute atomic E-state index is 12.8. The lowest BCUT2D eigenvalue weighted by Crippen LogP contribution is -2.55. The molecule has 0 aromatic rings. The molecule has 37 heavy (non-hydrogen) atoms. The Balaban J connectivity index is 0. The summed E-state index contributed by atoms with van der Waals surface area (Å²) in [6, 6.07) is -2.26. The van der Waals surface area contributed by atoms with Gasteiger partial charge in [-0.25, -0.2) is 4.79 Å². The summed E-state index contributed by atoms with van der Waals surface area (Å²) in [5.41, 5.74) is 10.5. The molecular formula is C22H39F3N6O6. The number of carboxylic acids is 1. The van der Waals surface area contributed by atoms with Crippen LogP contribution >= 0.6 is 0 Å². The Kier molecular flexibility index (Phi) is 17.3. The summed E-state index contributed by atoms with van der Waals surface area (Å²) >= 11 is 0. The van der Waals surface area contributed by atoms with Gasteiger partial charge in [0.05, 0.1) is 6.04 Å². The number of nitrogens with one attached hydrogen (secondary N) is 3. The number of amides is 3. The normalized spacial score (nSPS) is 13.4. The van der Waals surface area contributed by atoms with Gasteiger partial charge in [-0.05, 0) is 37.5 Å². The third-order valence-corrected chi connectivity index (χ3v) is 4.44. The molecule has 0 fully saturated rings. The Labute approximate surface area is 214 Å². The van der Waals surface area contributed by atoms with E-state index in [4.69, 9.17) is 21.4 Å². The second-order valence-corrected chi connectivity index (χ2v) is 9.08. The number of carboxylic acid groups (broad SMARTS) is 1. The van der Waals surface area contributed by atoms with Crippen LogP contribution in [0.4, 0.5) is 13.2 Å². The number of aldehydes is 1. The maximum atomic E-state index is 12.8. The van der Waals surface area contributed by atoms with Crippen LogP contribution in [0.3, 0.4) is 0 Å². The van der Waals surface area contributed by atoms with Gasteiger partial charge in [0.15, 0.2) is 5.96 Å². The molecule has 0 aliphatic heterocycles. The number of carbonyl (C=O) groups is 5. The Morgan fingerprint density at radius 1 is 0.919 bits per heavy atom. The number of hydrogen-bond donors (Lipinski definition) is 6. The quantitative estimate of drug-likeness (QED) is 0.0787. The predicted molar refractivity (Wildman–Crippen MR) is 130 cm³/mol. The molecule has 0 aromatic heterocycles. The molecule has 0 spiro atoms. The average Bonchev–Trinajstić information content (AvgIpc) is 2.73. The van der Waals surface area contributed by atoms with E-state index in [-0.39, 0.29) is 23.7 Å². The molecule has 0 radical (unpaired) electrons. The molecule has 8 N–H and O–H groups in total. The molecule has 0 saturated heterocycles. The van der Waals surface area contributed by atoms with Crippen molar-refractivity contribution in [3.63, 3.8) is 0 Å². The smallest absolute Gasteiger partial charge is 0.475 e. The lowest BCUT2D eigenvalue weighted by Gasteiger charge is -2.25. The molecule has 0 rings (SSSR count). The third-order valence-electron chi connectivity index (χ3n) is 4.44. The third kappa shape index (κ3) is 19.5. The minimum Gasteiger partial charge on any atom is -0.475 e. The number of hydrogen-bond acceptors (Lipinski definition) is 6. The van der Waals surface area contributed by atoms with Crippen molar-refractivity contribution >= 4 is 35.9 Å². The molecule has 3 amide bonds. The number of alkyl halides is 3. The number of nitrogens with zero attached hydrogens (tertiary/aromatic N) is 1. The largest absolute Gasteiger partial charge is 0.490 e. The number of aliphatic imine (C=N–C) groups is 1.